The van der Waals surface area contributed by atoms with Crippen molar-refractivity contribution in [1.82, 2.24) is 5.32 Å². The zero-order chi connectivity index (χ0) is 21.4. The van der Waals surface area contributed by atoms with Crippen molar-refractivity contribution in [3.8, 4) is 5.75 Å². The number of carbonyl (C=O) groups is 1. The number of halogens is 3. The van der Waals surface area contributed by atoms with Crippen molar-refractivity contribution in [3.05, 3.63) is 23.8 Å². The minimum Gasteiger partial charge on any atom is -0.487 e. The van der Waals surface area contributed by atoms with E-state index in [1.165, 1.54) is 6.07 Å². The molecule has 0 aromatic heterocycles. The van der Waals surface area contributed by atoms with Crippen LogP contribution in [0.25, 0.3) is 0 Å². The summed E-state index contributed by atoms with van der Waals surface area (Å²) in [5.74, 6) is -0.616. The number of ether oxygens (including phenoxy) is 2. The second kappa shape index (κ2) is 8.00. The molecule has 1 amide bonds. The van der Waals surface area contributed by atoms with E-state index in [1.807, 2.05) is 0 Å². The van der Waals surface area contributed by atoms with Gasteiger partial charge in [0.1, 0.15) is 24.5 Å². The highest BCUT2D eigenvalue weighted by Crippen LogP contribution is 2.47. The average Bonchev–Trinajstić information content (AvgIpc) is 2.95. The van der Waals surface area contributed by atoms with E-state index in [-0.39, 0.29) is 18.8 Å². The van der Waals surface area contributed by atoms with Crippen molar-refractivity contribution < 1.29 is 41.0 Å². The van der Waals surface area contributed by atoms with Crippen LogP contribution in [0, 0.1) is 0 Å². The monoisotopic (exact) mass is 438 g/mol. The van der Waals surface area contributed by atoms with Gasteiger partial charge in [0.05, 0.1) is 25.4 Å². The fourth-order valence-corrected chi connectivity index (χ4v) is 4.20. The minimum atomic E-state index is -4.51. The predicted molar refractivity (Wildman–Crippen MR) is 96.1 cm³/mol. The van der Waals surface area contributed by atoms with Crippen LogP contribution in [0.2, 0.25) is 0 Å². The summed E-state index contributed by atoms with van der Waals surface area (Å²) >= 11 is 0. The molecule has 162 valence electrons. The van der Waals surface area contributed by atoms with Crippen molar-refractivity contribution in [2.75, 3.05) is 24.1 Å². The molecule has 0 saturated carbocycles. The van der Waals surface area contributed by atoms with Crippen molar-refractivity contribution in [1.29, 1.82) is 0 Å². The van der Waals surface area contributed by atoms with Gasteiger partial charge in [-0.05, 0) is 24.6 Å². The molecule has 1 aromatic rings. The number of nitrogens with one attached hydrogen (secondary N) is 2. The molecular weight excluding hydrogens is 417 g/mol. The van der Waals surface area contributed by atoms with Gasteiger partial charge in [0.2, 0.25) is 15.9 Å². The Kier molecular flexibility index (Phi) is 5.97. The maximum Gasteiger partial charge on any atom is 0.405 e. The van der Waals surface area contributed by atoms with Crippen LogP contribution >= 0.6 is 0 Å². The Bertz CT molecular complexity index is 876. The second-order valence-corrected chi connectivity index (χ2v) is 8.88. The van der Waals surface area contributed by atoms with Crippen molar-refractivity contribution >= 4 is 21.6 Å². The maximum absolute atomic E-state index is 12.3. The molecule has 1 saturated heterocycles. The van der Waals surface area contributed by atoms with Gasteiger partial charge in [-0.2, -0.15) is 13.2 Å². The fraction of sp³-hybridized carbons (Fsp3) is 0.588. The van der Waals surface area contributed by atoms with Gasteiger partial charge in [-0.15, -0.1) is 0 Å². The summed E-state index contributed by atoms with van der Waals surface area (Å²) in [5.41, 5.74) is 1.02. The van der Waals surface area contributed by atoms with Crippen LogP contribution in [0.15, 0.2) is 18.2 Å². The lowest BCUT2D eigenvalue weighted by atomic mass is 9.84. The zero-order valence-corrected chi connectivity index (χ0v) is 16.2. The number of hydrogen-bond donors (Lipinski definition) is 3. The number of carbonyl (C=O) groups excluding carboxylic acids is 1. The topological polar surface area (TPSA) is 114 Å². The van der Waals surface area contributed by atoms with Crippen LogP contribution in [-0.2, 0) is 19.6 Å². The molecule has 4 atom stereocenters. The average molecular weight is 438 g/mol. The number of aliphatic hydroxyl groups excluding tert-OH is 1. The highest BCUT2D eigenvalue weighted by Gasteiger charge is 2.46. The summed E-state index contributed by atoms with van der Waals surface area (Å²) in [6.07, 6.45) is -5.55. The zero-order valence-electron chi connectivity index (χ0n) is 15.4. The molecule has 3 rings (SSSR count). The van der Waals surface area contributed by atoms with Crippen LogP contribution in [0.4, 0.5) is 18.9 Å². The molecule has 3 N–H and O–H groups in total. The van der Waals surface area contributed by atoms with E-state index in [2.05, 4.69) is 4.72 Å². The minimum absolute atomic E-state index is 0.274. The molecule has 12 heteroatoms. The molecule has 2 aliphatic heterocycles. The first-order chi connectivity index (χ1) is 13.4. The van der Waals surface area contributed by atoms with Gasteiger partial charge in [-0.25, -0.2) is 8.42 Å². The van der Waals surface area contributed by atoms with Gasteiger partial charge in [0, 0.05) is 17.2 Å². The Morgan fingerprint density at radius 1 is 1.34 bits per heavy atom. The summed E-state index contributed by atoms with van der Waals surface area (Å²) in [5, 5.41) is 11.4. The fourth-order valence-electron chi connectivity index (χ4n) is 3.64. The number of benzene rings is 1. The number of sulfonamides is 1. The van der Waals surface area contributed by atoms with Gasteiger partial charge in [-0.1, -0.05) is 0 Å². The first-order valence-corrected chi connectivity index (χ1v) is 10.7. The lowest BCUT2D eigenvalue weighted by molar-refractivity contribution is -0.149. The molecule has 0 unspecified atom stereocenters. The number of amides is 1. The summed E-state index contributed by atoms with van der Waals surface area (Å²) in [7, 11) is -3.48. The smallest absolute Gasteiger partial charge is 0.405 e. The second-order valence-electron chi connectivity index (χ2n) is 7.13. The van der Waals surface area contributed by atoms with Crippen LogP contribution in [0.3, 0.4) is 0 Å². The summed E-state index contributed by atoms with van der Waals surface area (Å²) < 4.78 is 73.6. The third-order valence-electron chi connectivity index (χ3n) is 4.70. The predicted octanol–water partition coefficient (Wildman–Crippen LogP) is 1.12. The number of aliphatic hydroxyl groups is 1. The molecule has 8 nitrogen and oxygen atoms in total. The molecule has 0 spiro atoms. The van der Waals surface area contributed by atoms with E-state index >= 15 is 0 Å². The Labute approximate surface area is 165 Å². The van der Waals surface area contributed by atoms with E-state index in [0.717, 1.165) is 6.26 Å². The quantitative estimate of drug-likeness (QED) is 0.614. The Balaban J connectivity index is 1.74. The van der Waals surface area contributed by atoms with Gasteiger partial charge < -0.3 is 19.9 Å². The van der Waals surface area contributed by atoms with Crippen LogP contribution in [0.5, 0.6) is 5.75 Å². The van der Waals surface area contributed by atoms with Crippen LogP contribution in [0.1, 0.15) is 24.3 Å². The number of hydrogen-bond acceptors (Lipinski definition) is 6. The first kappa shape index (κ1) is 21.7. The lowest BCUT2D eigenvalue weighted by Gasteiger charge is -2.37. The van der Waals surface area contributed by atoms with Gasteiger partial charge in [0.25, 0.3) is 0 Å². The lowest BCUT2D eigenvalue weighted by Crippen LogP contribution is -2.47. The number of alkyl halides is 3. The summed E-state index contributed by atoms with van der Waals surface area (Å²) in [4.78, 5) is 11.8. The Morgan fingerprint density at radius 2 is 2.07 bits per heavy atom. The number of rotatable bonds is 6. The SMILES string of the molecule is CS(=O)(=O)Nc1ccc2c(c1)[C@H]1C[C@@H](CC(=O)NCC(F)(F)F)O[C@@H](CO)[C@H]1O2. The molecule has 29 heavy (non-hydrogen) atoms. The third-order valence-corrected chi connectivity index (χ3v) is 5.31. The van der Waals surface area contributed by atoms with Crippen molar-refractivity contribution in [2.45, 2.75) is 43.2 Å². The maximum atomic E-state index is 12.3. The standard InChI is InChI=1S/C17H21F3N2O6S/c1-29(25,26)22-9-2-3-13-11(4-9)12-5-10(27-14(7-23)16(12)28-13)6-15(24)21-8-17(18,19)20/h2-4,10,12,14,16,22-23H,5-8H2,1H3,(H,21,24)/t10-,12+,14-,16-/m0/s1. The normalized spacial score (nSPS) is 26.2. The molecule has 2 aliphatic rings. The molecule has 2 heterocycles. The van der Waals surface area contributed by atoms with Crippen molar-refractivity contribution in [2.24, 2.45) is 0 Å². The molecule has 0 aliphatic carbocycles. The summed E-state index contributed by atoms with van der Waals surface area (Å²) in [6, 6.07) is 4.75. The third kappa shape index (κ3) is 5.52. The van der Waals surface area contributed by atoms with Crippen LogP contribution < -0.4 is 14.8 Å². The first-order valence-electron chi connectivity index (χ1n) is 8.83. The van der Waals surface area contributed by atoms with E-state index in [0.29, 0.717) is 17.0 Å². The Morgan fingerprint density at radius 3 is 2.69 bits per heavy atom. The highest BCUT2D eigenvalue weighted by atomic mass is 32.2. The van der Waals surface area contributed by atoms with E-state index < -0.39 is 53.6 Å². The van der Waals surface area contributed by atoms with E-state index in [9.17, 15) is 31.5 Å². The van der Waals surface area contributed by atoms with Gasteiger partial charge in [-0.3, -0.25) is 9.52 Å². The van der Waals surface area contributed by atoms with E-state index in [1.54, 1.807) is 17.4 Å². The molecule has 1 aromatic carbocycles. The van der Waals surface area contributed by atoms with Gasteiger partial charge in [0.15, 0.2) is 0 Å². The molecule has 1 fully saturated rings. The molecule has 0 bridgehead atoms. The molecular formula is C17H21F3N2O6S. The summed E-state index contributed by atoms with van der Waals surface area (Å²) in [6.45, 7) is -1.83. The number of fused-ring (bicyclic) bond motifs is 3. The highest BCUT2D eigenvalue weighted by molar-refractivity contribution is 7.92. The van der Waals surface area contributed by atoms with E-state index in [4.69, 9.17) is 9.47 Å². The number of anilines is 1. The van der Waals surface area contributed by atoms with Crippen molar-refractivity contribution in [3.63, 3.8) is 0 Å². The largest absolute Gasteiger partial charge is 0.487 e. The van der Waals surface area contributed by atoms with Crippen LogP contribution in [-0.4, -0.2) is 63.3 Å². The van der Waals surface area contributed by atoms with Gasteiger partial charge >= 0.3 is 6.18 Å². The molecule has 0 radical (unpaired) electrons. The Hall–Kier alpha value is -2.05.